The first-order chi connectivity index (χ1) is 11.6. The Morgan fingerprint density at radius 1 is 1.46 bits per heavy atom. The number of hydrogen-bond acceptors (Lipinski definition) is 4. The summed E-state index contributed by atoms with van der Waals surface area (Å²) >= 11 is 0. The summed E-state index contributed by atoms with van der Waals surface area (Å²) in [5, 5.41) is 12.9. The van der Waals surface area contributed by atoms with E-state index in [1.165, 1.54) is 18.1 Å². The van der Waals surface area contributed by atoms with E-state index in [-0.39, 0.29) is 5.54 Å². The van der Waals surface area contributed by atoms with Crippen molar-refractivity contribution < 1.29 is 9.90 Å². The van der Waals surface area contributed by atoms with Gasteiger partial charge in [-0.2, -0.15) is 0 Å². The molecule has 1 amide bonds. The van der Waals surface area contributed by atoms with Crippen LogP contribution in [-0.4, -0.2) is 44.5 Å². The number of rotatable bonds is 6. The molecule has 1 fully saturated rings. The molecule has 1 saturated heterocycles. The molecule has 0 aliphatic carbocycles. The van der Waals surface area contributed by atoms with Gasteiger partial charge in [0.05, 0.1) is 18.2 Å². The number of H-pyrrole nitrogens is 1. The molecule has 3 N–H and O–H groups in total. The fourth-order valence-electron chi connectivity index (χ4n) is 3.28. The van der Waals surface area contributed by atoms with Crippen molar-refractivity contribution in [3.05, 3.63) is 54.1 Å². The van der Waals surface area contributed by atoms with Crippen LogP contribution in [0.3, 0.4) is 0 Å². The van der Waals surface area contributed by atoms with Crippen LogP contribution in [0.1, 0.15) is 37.1 Å². The van der Waals surface area contributed by atoms with Crippen LogP contribution in [0.15, 0.2) is 42.9 Å². The molecule has 0 bridgehead atoms. The zero-order chi connectivity index (χ0) is 17.0. The number of aliphatic hydroxyl groups is 1. The second kappa shape index (κ2) is 7.15. The molecule has 128 valence electrons. The Kier molecular flexibility index (Phi) is 4.97. The third kappa shape index (κ3) is 3.66. The van der Waals surface area contributed by atoms with Crippen LogP contribution in [-0.2, 0) is 11.3 Å². The van der Waals surface area contributed by atoms with Gasteiger partial charge >= 0.3 is 0 Å². The van der Waals surface area contributed by atoms with E-state index in [1.54, 1.807) is 0 Å². The van der Waals surface area contributed by atoms with Crippen molar-refractivity contribution in [3.8, 4) is 0 Å². The number of likely N-dealkylation sites (tertiary alicyclic amines) is 1. The molecule has 0 radical (unpaired) electrons. The number of nitrogens with zero attached hydrogens (tertiary/aromatic N) is 2. The first kappa shape index (κ1) is 16.7. The maximum absolute atomic E-state index is 12.2. The Morgan fingerprint density at radius 2 is 2.25 bits per heavy atom. The third-order valence-corrected chi connectivity index (χ3v) is 4.83. The maximum Gasteiger partial charge on any atom is 0.255 e. The molecule has 2 aromatic rings. The average molecular weight is 328 g/mol. The zero-order valence-electron chi connectivity index (χ0n) is 13.9. The Hall–Kier alpha value is -2.18. The van der Waals surface area contributed by atoms with Gasteiger partial charge < -0.3 is 15.4 Å². The number of imidazole rings is 1. The molecule has 1 aliphatic rings. The number of nitrogens with one attached hydrogen (secondary N) is 2. The van der Waals surface area contributed by atoms with Crippen LogP contribution in [0.25, 0.3) is 0 Å². The fraction of sp³-hybridized carbons (Fsp3) is 0.444. The highest BCUT2D eigenvalue weighted by atomic mass is 16.3. The number of aromatic nitrogens is 2. The van der Waals surface area contributed by atoms with Gasteiger partial charge in [-0.3, -0.25) is 9.69 Å². The highest BCUT2D eigenvalue weighted by Gasteiger charge is 2.37. The van der Waals surface area contributed by atoms with E-state index in [2.05, 4.69) is 39.2 Å². The molecule has 0 saturated carbocycles. The van der Waals surface area contributed by atoms with E-state index in [0.717, 1.165) is 25.9 Å². The molecule has 2 unspecified atom stereocenters. The molecule has 24 heavy (non-hydrogen) atoms. The van der Waals surface area contributed by atoms with Crippen molar-refractivity contribution in [2.75, 3.05) is 13.1 Å². The van der Waals surface area contributed by atoms with Gasteiger partial charge in [-0.05, 0) is 31.9 Å². The quantitative estimate of drug-likeness (QED) is 0.752. The standard InChI is InChI=1S/C18H24N4O2/c1-18(12-20-17(24)16(23)15-10-19-13-21-15)8-5-9-22(18)11-14-6-3-2-4-7-14/h2-4,6-7,10,13,16,23H,5,8-9,11-12H2,1H3,(H,19,21)(H,20,24). The smallest absolute Gasteiger partial charge is 0.255 e. The lowest BCUT2D eigenvalue weighted by Gasteiger charge is -2.35. The summed E-state index contributed by atoms with van der Waals surface area (Å²) in [5.41, 5.74) is 1.58. The number of aliphatic hydroxyl groups excluding tert-OH is 1. The van der Waals surface area contributed by atoms with Gasteiger partial charge in [0.2, 0.25) is 0 Å². The number of hydrogen-bond donors (Lipinski definition) is 3. The number of benzene rings is 1. The molecular weight excluding hydrogens is 304 g/mol. The minimum absolute atomic E-state index is 0.0980. The van der Waals surface area contributed by atoms with Gasteiger partial charge in [0, 0.05) is 18.6 Å². The van der Waals surface area contributed by atoms with Gasteiger partial charge in [0.1, 0.15) is 0 Å². The van der Waals surface area contributed by atoms with Crippen molar-refractivity contribution in [2.45, 2.75) is 38.0 Å². The molecule has 6 nitrogen and oxygen atoms in total. The average Bonchev–Trinajstić information content (AvgIpc) is 3.24. The third-order valence-electron chi connectivity index (χ3n) is 4.83. The zero-order valence-corrected chi connectivity index (χ0v) is 13.9. The van der Waals surface area contributed by atoms with Crippen LogP contribution >= 0.6 is 0 Å². The van der Waals surface area contributed by atoms with Gasteiger partial charge in [-0.1, -0.05) is 30.3 Å². The van der Waals surface area contributed by atoms with Gasteiger partial charge in [-0.25, -0.2) is 4.98 Å². The molecule has 1 aromatic heterocycles. The largest absolute Gasteiger partial charge is 0.377 e. The summed E-state index contributed by atoms with van der Waals surface area (Å²) in [5.74, 6) is -0.396. The second-order valence-electron chi connectivity index (χ2n) is 6.63. The monoisotopic (exact) mass is 328 g/mol. The highest BCUT2D eigenvalue weighted by Crippen LogP contribution is 2.30. The van der Waals surface area contributed by atoms with Crippen LogP contribution < -0.4 is 5.32 Å². The molecule has 1 aliphatic heterocycles. The summed E-state index contributed by atoms with van der Waals surface area (Å²) in [6, 6.07) is 10.4. The van der Waals surface area contributed by atoms with E-state index in [1.807, 2.05) is 18.2 Å². The number of amides is 1. The maximum atomic E-state index is 12.2. The van der Waals surface area contributed by atoms with E-state index in [4.69, 9.17) is 0 Å². The predicted octanol–water partition coefficient (Wildman–Crippen LogP) is 1.61. The summed E-state index contributed by atoms with van der Waals surface area (Å²) < 4.78 is 0. The number of carbonyl (C=O) groups is 1. The molecular formula is C18H24N4O2. The lowest BCUT2D eigenvalue weighted by molar-refractivity contribution is -0.130. The lowest BCUT2D eigenvalue weighted by atomic mass is 9.98. The van der Waals surface area contributed by atoms with Crippen LogP contribution in [0.4, 0.5) is 0 Å². The van der Waals surface area contributed by atoms with E-state index >= 15 is 0 Å². The molecule has 6 heteroatoms. The first-order valence-electron chi connectivity index (χ1n) is 8.31. The Balaban J connectivity index is 1.59. The Labute approximate surface area is 141 Å². The Morgan fingerprint density at radius 3 is 2.96 bits per heavy atom. The number of aromatic amines is 1. The van der Waals surface area contributed by atoms with Crippen molar-refractivity contribution in [1.82, 2.24) is 20.2 Å². The predicted molar refractivity (Wildman–Crippen MR) is 91.0 cm³/mol. The SMILES string of the molecule is CC1(CNC(=O)C(O)c2cnc[nH]2)CCCN1Cc1ccccc1. The molecule has 2 atom stereocenters. The van der Waals surface area contributed by atoms with E-state index < -0.39 is 12.0 Å². The van der Waals surface area contributed by atoms with Crippen molar-refractivity contribution >= 4 is 5.91 Å². The summed E-state index contributed by atoms with van der Waals surface area (Å²) in [4.78, 5) is 21.2. The normalized spacial score (nSPS) is 22.4. The molecule has 3 rings (SSSR count). The van der Waals surface area contributed by atoms with Crippen molar-refractivity contribution in [2.24, 2.45) is 0 Å². The summed E-state index contributed by atoms with van der Waals surface area (Å²) in [6.45, 7) is 4.58. The van der Waals surface area contributed by atoms with Gasteiger partial charge in [0.15, 0.2) is 6.10 Å². The van der Waals surface area contributed by atoms with Gasteiger partial charge in [-0.15, -0.1) is 0 Å². The molecule has 2 heterocycles. The minimum Gasteiger partial charge on any atom is -0.377 e. The van der Waals surface area contributed by atoms with Crippen LogP contribution in [0.5, 0.6) is 0 Å². The van der Waals surface area contributed by atoms with Crippen LogP contribution in [0, 0.1) is 0 Å². The van der Waals surface area contributed by atoms with E-state index in [9.17, 15) is 9.90 Å². The summed E-state index contributed by atoms with van der Waals surface area (Å²) in [7, 11) is 0. The topological polar surface area (TPSA) is 81.2 Å². The molecule has 1 aromatic carbocycles. The minimum atomic E-state index is -1.21. The number of carbonyl (C=O) groups excluding carboxylic acids is 1. The lowest BCUT2D eigenvalue weighted by Crippen LogP contribution is -2.50. The second-order valence-corrected chi connectivity index (χ2v) is 6.63. The van der Waals surface area contributed by atoms with Crippen molar-refractivity contribution in [3.63, 3.8) is 0 Å². The van der Waals surface area contributed by atoms with E-state index in [0.29, 0.717) is 12.2 Å². The summed E-state index contributed by atoms with van der Waals surface area (Å²) in [6.07, 6.45) is 3.84. The van der Waals surface area contributed by atoms with Crippen molar-refractivity contribution in [1.29, 1.82) is 0 Å². The fourth-order valence-corrected chi connectivity index (χ4v) is 3.28. The Bertz CT molecular complexity index is 659. The highest BCUT2D eigenvalue weighted by molar-refractivity contribution is 5.81. The van der Waals surface area contributed by atoms with Gasteiger partial charge in [0.25, 0.3) is 5.91 Å². The molecule has 0 spiro atoms. The van der Waals surface area contributed by atoms with Crippen LogP contribution in [0.2, 0.25) is 0 Å². The first-order valence-corrected chi connectivity index (χ1v) is 8.31.